The van der Waals surface area contributed by atoms with Crippen LogP contribution in [-0.2, 0) is 9.47 Å². The number of hydrogen-bond acceptors (Lipinski definition) is 8. The van der Waals surface area contributed by atoms with E-state index in [2.05, 4.69) is 36.4 Å². The molecule has 0 bridgehead atoms. The average molecular weight is 587 g/mol. The Labute approximate surface area is 255 Å². The zero-order valence-corrected chi connectivity index (χ0v) is 24.1. The van der Waals surface area contributed by atoms with Gasteiger partial charge in [0.2, 0.25) is 0 Å². The van der Waals surface area contributed by atoms with Crippen molar-refractivity contribution in [2.45, 2.75) is 0 Å². The lowest BCUT2D eigenvalue weighted by Gasteiger charge is -2.20. The molecule has 220 valence electrons. The predicted octanol–water partition coefficient (Wildman–Crippen LogP) is 6.67. The standard InChI is InChI=1S/C36H30N2O6/c37-23-27-21-33-34(22-28(27)24-38)44-20-16-40-14-18-42-32-12-10-26-6-2-4-8-30(26)36(32)35-29-7-3-1-5-25(29)9-11-31(35)41-17-13-39-15-19-43-33/h1-12,21-22H,13-20H2. The van der Waals surface area contributed by atoms with Gasteiger partial charge in [0, 0.05) is 23.3 Å². The van der Waals surface area contributed by atoms with Crippen LogP contribution in [0, 0.1) is 22.7 Å². The van der Waals surface area contributed by atoms with E-state index in [1.54, 1.807) is 0 Å². The van der Waals surface area contributed by atoms with Gasteiger partial charge in [0.05, 0.1) is 37.6 Å². The second-order valence-electron chi connectivity index (χ2n) is 10.0. The lowest BCUT2D eigenvalue weighted by molar-refractivity contribution is 0.0696. The smallest absolute Gasteiger partial charge is 0.162 e. The van der Waals surface area contributed by atoms with Crippen LogP contribution in [0.4, 0.5) is 0 Å². The number of hydrogen-bond donors (Lipinski definition) is 0. The van der Waals surface area contributed by atoms with Crippen molar-refractivity contribution >= 4 is 21.5 Å². The molecule has 0 N–H and O–H groups in total. The van der Waals surface area contributed by atoms with E-state index in [0.717, 1.165) is 44.2 Å². The van der Waals surface area contributed by atoms with Crippen LogP contribution in [0.15, 0.2) is 84.9 Å². The zero-order chi connectivity index (χ0) is 30.1. The largest absolute Gasteiger partial charge is 0.491 e. The van der Waals surface area contributed by atoms with Crippen molar-refractivity contribution in [3.05, 3.63) is 96.1 Å². The number of benzene rings is 5. The van der Waals surface area contributed by atoms with E-state index >= 15 is 0 Å². The molecular formula is C36H30N2O6. The summed E-state index contributed by atoms with van der Waals surface area (Å²) < 4.78 is 36.1. The molecule has 1 aliphatic heterocycles. The van der Waals surface area contributed by atoms with Crippen molar-refractivity contribution in [1.29, 1.82) is 10.5 Å². The summed E-state index contributed by atoms with van der Waals surface area (Å²) >= 11 is 0. The fourth-order valence-electron chi connectivity index (χ4n) is 5.28. The van der Waals surface area contributed by atoms with Gasteiger partial charge in [0.15, 0.2) is 11.5 Å². The molecule has 6 rings (SSSR count). The highest BCUT2D eigenvalue weighted by molar-refractivity contribution is 6.09. The monoisotopic (exact) mass is 586 g/mol. The SMILES string of the molecule is N#Cc1cc2c(cc1C#N)OCCOCCOc1ccc3ccccc3c1-c1c(ccc3ccccc13)OCCOCCO2. The van der Waals surface area contributed by atoms with Crippen LogP contribution < -0.4 is 18.9 Å². The fraction of sp³-hybridized carbons (Fsp3) is 0.222. The fourth-order valence-corrected chi connectivity index (χ4v) is 5.28. The molecule has 0 radical (unpaired) electrons. The van der Waals surface area contributed by atoms with Crippen molar-refractivity contribution in [1.82, 2.24) is 0 Å². The first kappa shape index (κ1) is 28.8. The number of nitrogens with zero attached hydrogens (tertiary/aromatic N) is 2. The minimum atomic E-state index is 0.214. The second kappa shape index (κ2) is 13.8. The third-order valence-electron chi connectivity index (χ3n) is 7.30. The van der Waals surface area contributed by atoms with Crippen LogP contribution in [0.2, 0.25) is 0 Å². The minimum Gasteiger partial charge on any atom is -0.491 e. The number of nitriles is 2. The van der Waals surface area contributed by atoms with E-state index < -0.39 is 0 Å². The molecule has 8 nitrogen and oxygen atoms in total. The molecule has 5 aromatic rings. The quantitative estimate of drug-likeness (QED) is 0.198. The molecule has 0 unspecified atom stereocenters. The summed E-state index contributed by atoms with van der Waals surface area (Å²) in [6, 6.07) is 31.7. The molecule has 1 heterocycles. The third-order valence-corrected chi connectivity index (χ3v) is 7.30. The third kappa shape index (κ3) is 6.23. The maximum Gasteiger partial charge on any atom is 0.162 e. The van der Waals surface area contributed by atoms with Crippen LogP contribution in [0.3, 0.4) is 0 Å². The Kier molecular flexibility index (Phi) is 9.04. The highest BCUT2D eigenvalue weighted by Gasteiger charge is 2.19. The lowest BCUT2D eigenvalue weighted by atomic mass is 9.92. The summed E-state index contributed by atoms with van der Waals surface area (Å²) in [5.74, 6) is 2.20. The maximum atomic E-state index is 9.45. The van der Waals surface area contributed by atoms with Gasteiger partial charge in [-0.3, -0.25) is 0 Å². The summed E-state index contributed by atoms with van der Waals surface area (Å²) in [7, 11) is 0. The van der Waals surface area contributed by atoms with Gasteiger partial charge >= 0.3 is 0 Å². The lowest BCUT2D eigenvalue weighted by Crippen LogP contribution is -2.15. The second-order valence-corrected chi connectivity index (χ2v) is 10.0. The molecule has 0 amide bonds. The first-order valence-electron chi connectivity index (χ1n) is 14.5. The first-order chi connectivity index (χ1) is 21.8. The topological polar surface area (TPSA) is 103 Å². The van der Waals surface area contributed by atoms with E-state index in [1.165, 1.54) is 12.1 Å². The molecule has 0 spiro atoms. The molecule has 0 aliphatic carbocycles. The normalized spacial score (nSPS) is 14.6. The maximum absolute atomic E-state index is 9.45. The van der Waals surface area contributed by atoms with Crippen LogP contribution in [-0.4, -0.2) is 52.9 Å². The molecule has 0 fully saturated rings. The van der Waals surface area contributed by atoms with E-state index in [4.69, 9.17) is 28.4 Å². The number of rotatable bonds is 0. The predicted molar refractivity (Wildman–Crippen MR) is 166 cm³/mol. The summed E-state index contributed by atoms with van der Waals surface area (Å²) in [6.45, 7) is 2.36. The van der Waals surface area contributed by atoms with Crippen molar-refractivity contribution in [2.75, 3.05) is 52.9 Å². The van der Waals surface area contributed by atoms with E-state index in [9.17, 15) is 10.5 Å². The van der Waals surface area contributed by atoms with Crippen molar-refractivity contribution in [3.63, 3.8) is 0 Å². The Morgan fingerprint density at radius 2 is 0.818 bits per heavy atom. The van der Waals surface area contributed by atoms with Gasteiger partial charge in [-0.25, -0.2) is 0 Å². The summed E-state index contributed by atoms with van der Waals surface area (Å²) in [6.07, 6.45) is 0. The van der Waals surface area contributed by atoms with Gasteiger partial charge in [-0.2, -0.15) is 10.5 Å². The zero-order valence-electron chi connectivity index (χ0n) is 24.1. The molecule has 1 aliphatic rings. The Morgan fingerprint density at radius 1 is 0.432 bits per heavy atom. The van der Waals surface area contributed by atoms with E-state index in [1.807, 2.05) is 48.5 Å². The van der Waals surface area contributed by atoms with Crippen LogP contribution in [0.5, 0.6) is 23.0 Å². The van der Waals surface area contributed by atoms with Gasteiger partial charge < -0.3 is 28.4 Å². The van der Waals surface area contributed by atoms with Gasteiger partial charge in [-0.1, -0.05) is 60.7 Å². The summed E-state index contributed by atoms with van der Waals surface area (Å²) in [4.78, 5) is 0. The first-order valence-corrected chi connectivity index (χ1v) is 14.5. The van der Waals surface area contributed by atoms with Gasteiger partial charge in [-0.05, 0) is 33.7 Å². The molecule has 5 aromatic carbocycles. The Hall–Kier alpha value is -5.28. The molecular weight excluding hydrogens is 556 g/mol. The highest BCUT2D eigenvalue weighted by atomic mass is 16.6. The van der Waals surface area contributed by atoms with Gasteiger partial charge in [-0.15, -0.1) is 0 Å². The van der Waals surface area contributed by atoms with Crippen molar-refractivity contribution < 1.29 is 28.4 Å². The molecule has 0 aromatic heterocycles. The summed E-state index contributed by atoms with van der Waals surface area (Å²) in [5.41, 5.74) is 2.35. The van der Waals surface area contributed by atoms with Crippen LogP contribution in [0.1, 0.15) is 11.1 Å². The average Bonchev–Trinajstić information content (AvgIpc) is 3.06. The van der Waals surface area contributed by atoms with Gasteiger partial charge in [0.25, 0.3) is 0 Å². The number of ether oxygens (including phenoxy) is 6. The molecule has 8 heteroatoms. The van der Waals surface area contributed by atoms with E-state index in [-0.39, 0.29) is 24.3 Å². The molecule has 44 heavy (non-hydrogen) atoms. The molecule has 0 saturated heterocycles. The Morgan fingerprint density at radius 3 is 1.23 bits per heavy atom. The van der Waals surface area contributed by atoms with Crippen LogP contribution in [0.25, 0.3) is 32.7 Å². The van der Waals surface area contributed by atoms with Crippen molar-refractivity contribution in [3.8, 4) is 46.3 Å². The van der Waals surface area contributed by atoms with E-state index in [0.29, 0.717) is 51.1 Å². The van der Waals surface area contributed by atoms with Crippen molar-refractivity contribution in [2.24, 2.45) is 0 Å². The molecule has 0 saturated carbocycles. The summed E-state index contributed by atoms with van der Waals surface area (Å²) in [5, 5.41) is 23.2. The Bertz CT molecular complexity index is 1740. The highest BCUT2D eigenvalue weighted by Crippen LogP contribution is 2.45. The van der Waals surface area contributed by atoms with Gasteiger partial charge in [0.1, 0.15) is 50.1 Å². The number of fused-ring (bicyclic) bond motifs is 8. The molecule has 0 atom stereocenters. The Balaban J connectivity index is 1.32. The van der Waals surface area contributed by atoms with Crippen LogP contribution >= 0.6 is 0 Å². The minimum absolute atomic E-state index is 0.214.